The third-order valence-corrected chi connectivity index (χ3v) is 6.21. The van der Waals surface area contributed by atoms with Crippen molar-refractivity contribution in [3.8, 4) is 17.1 Å². The summed E-state index contributed by atoms with van der Waals surface area (Å²) in [6.07, 6.45) is 4.61. The van der Waals surface area contributed by atoms with E-state index in [1.807, 2.05) is 12.3 Å². The number of benzene rings is 2. The maximum atomic E-state index is 5.79. The summed E-state index contributed by atoms with van der Waals surface area (Å²) in [6.45, 7) is 2.98. The van der Waals surface area contributed by atoms with E-state index in [2.05, 4.69) is 69.1 Å². The van der Waals surface area contributed by atoms with Crippen LogP contribution >= 0.6 is 11.8 Å². The van der Waals surface area contributed by atoms with Crippen LogP contribution in [0.1, 0.15) is 18.4 Å². The highest BCUT2D eigenvalue weighted by molar-refractivity contribution is 7.99. The summed E-state index contributed by atoms with van der Waals surface area (Å²) in [6, 6.07) is 16.8. The molecule has 0 bridgehead atoms. The molecule has 1 fully saturated rings. The minimum atomic E-state index is 0.309. The van der Waals surface area contributed by atoms with E-state index in [1.165, 1.54) is 5.56 Å². The predicted octanol–water partition coefficient (Wildman–Crippen LogP) is 5.00. The van der Waals surface area contributed by atoms with E-state index in [9.17, 15) is 0 Å². The molecule has 28 heavy (non-hydrogen) atoms. The summed E-state index contributed by atoms with van der Waals surface area (Å²) in [5.74, 6) is 1.76. The molecule has 0 radical (unpaired) electrons. The van der Waals surface area contributed by atoms with Crippen molar-refractivity contribution >= 4 is 22.7 Å². The lowest BCUT2D eigenvalue weighted by Gasteiger charge is -2.12. The summed E-state index contributed by atoms with van der Waals surface area (Å²) in [7, 11) is 0. The van der Waals surface area contributed by atoms with Crippen LogP contribution in [-0.4, -0.2) is 38.2 Å². The third kappa shape index (κ3) is 3.23. The van der Waals surface area contributed by atoms with Gasteiger partial charge in [0.2, 0.25) is 0 Å². The van der Waals surface area contributed by atoms with E-state index in [-0.39, 0.29) is 0 Å². The van der Waals surface area contributed by atoms with Gasteiger partial charge in [0.25, 0.3) is 0 Å². The number of aromatic nitrogens is 4. The molecule has 2 aromatic heterocycles. The first-order valence-corrected chi connectivity index (χ1v) is 10.6. The number of H-pyrrole nitrogens is 1. The second-order valence-electron chi connectivity index (χ2n) is 7.17. The highest BCUT2D eigenvalue weighted by Gasteiger charge is 2.21. The molecule has 0 amide bonds. The molecule has 3 heterocycles. The Morgan fingerprint density at radius 2 is 2.11 bits per heavy atom. The first-order valence-electron chi connectivity index (χ1n) is 9.63. The van der Waals surface area contributed by atoms with Gasteiger partial charge >= 0.3 is 0 Å². The minimum absolute atomic E-state index is 0.309. The van der Waals surface area contributed by atoms with E-state index >= 15 is 0 Å². The lowest BCUT2D eigenvalue weighted by atomic mass is 10.1. The topological polar surface area (TPSA) is 55.7 Å². The zero-order valence-electron chi connectivity index (χ0n) is 15.8. The second-order valence-corrected chi connectivity index (χ2v) is 8.16. The van der Waals surface area contributed by atoms with Crippen LogP contribution in [0, 0.1) is 6.92 Å². The normalized spacial score (nSPS) is 16.8. The Kier molecular flexibility index (Phi) is 4.66. The molecule has 1 atom stereocenters. The maximum Gasteiger partial charge on any atom is 0.196 e. The largest absolute Gasteiger partial charge is 0.377 e. The SMILES string of the molecule is Cc1cccc(-n2c(SC[C@H]3CCCO3)nnc2-c2c[nH]c3ccccc23)c1. The third-order valence-electron chi connectivity index (χ3n) is 5.15. The van der Waals surface area contributed by atoms with Crippen molar-refractivity contribution in [2.75, 3.05) is 12.4 Å². The Morgan fingerprint density at radius 3 is 2.96 bits per heavy atom. The van der Waals surface area contributed by atoms with Gasteiger partial charge in [0, 0.05) is 40.7 Å². The van der Waals surface area contributed by atoms with Crippen molar-refractivity contribution in [3.05, 3.63) is 60.3 Å². The predicted molar refractivity (Wildman–Crippen MR) is 113 cm³/mol. The Balaban J connectivity index is 1.60. The Labute approximate surface area is 168 Å². The fourth-order valence-electron chi connectivity index (χ4n) is 3.74. The van der Waals surface area contributed by atoms with E-state index in [1.54, 1.807) is 11.8 Å². The van der Waals surface area contributed by atoms with Gasteiger partial charge in [0.15, 0.2) is 11.0 Å². The Bertz CT molecular complexity index is 1110. The van der Waals surface area contributed by atoms with Crippen LogP contribution in [0.15, 0.2) is 59.9 Å². The van der Waals surface area contributed by atoms with Gasteiger partial charge in [-0.05, 0) is 43.5 Å². The number of fused-ring (bicyclic) bond motifs is 1. The average molecular weight is 391 g/mol. The molecule has 2 aromatic carbocycles. The average Bonchev–Trinajstić information content (AvgIpc) is 3.45. The molecule has 1 aliphatic heterocycles. The fourth-order valence-corrected chi connectivity index (χ4v) is 4.75. The summed E-state index contributed by atoms with van der Waals surface area (Å²) in [4.78, 5) is 3.35. The first kappa shape index (κ1) is 17.5. The van der Waals surface area contributed by atoms with Crippen molar-refractivity contribution in [2.45, 2.75) is 31.0 Å². The van der Waals surface area contributed by atoms with Gasteiger partial charge < -0.3 is 9.72 Å². The molecular weight excluding hydrogens is 368 g/mol. The molecule has 1 aliphatic rings. The lowest BCUT2D eigenvalue weighted by molar-refractivity contribution is 0.129. The van der Waals surface area contributed by atoms with Gasteiger partial charge in [0.1, 0.15) is 0 Å². The van der Waals surface area contributed by atoms with E-state index in [4.69, 9.17) is 4.74 Å². The number of thioether (sulfide) groups is 1. The number of rotatable bonds is 5. The van der Waals surface area contributed by atoms with Crippen molar-refractivity contribution in [2.24, 2.45) is 0 Å². The second kappa shape index (κ2) is 7.45. The van der Waals surface area contributed by atoms with Gasteiger partial charge in [-0.1, -0.05) is 42.1 Å². The summed E-state index contributed by atoms with van der Waals surface area (Å²) < 4.78 is 7.96. The molecule has 6 heteroatoms. The number of aromatic amines is 1. The van der Waals surface area contributed by atoms with Crippen LogP contribution < -0.4 is 0 Å². The van der Waals surface area contributed by atoms with Gasteiger partial charge in [0.05, 0.1) is 6.10 Å². The van der Waals surface area contributed by atoms with Crippen molar-refractivity contribution in [3.63, 3.8) is 0 Å². The number of aryl methyl sites for hydroxylation is 1. The van der Waals surface area contributed by atoms with Crippen LogP contribution in [-0.2, 0) is 4.74 Å². The van der Waals surface area contributed by atoms with Crippen LogP contribution in [0.2, 0.25) is 0 Å². The van der Waals surface area contributed by atoms with Gasteiger partial charge in [-0.3, -0.25) is 4.57 Å². The molecule has 142 valence electrons. The lowest BCUT2D eigenvalue weighted by Crippen LogP contribution is -2.09. The molecule has 1 N–H and O–H groups in total. The van der Waals surface area contributed by atoms with Crippen molar-refractivity contribution < 1.29 is 4.74 Å². The number of para-hydroxylation sites is 1. The molecule has 0 spiro atoms. The summed E-state index contributed by atoms with van der Waals surface area (Å²) in [5.41, 5.74) is 4.46. The highest BCUT2D eigenvalue weighted by Crippen LogP contribution is 2.33. The highest BCUT2D eigenvalue weighted by atomic mass is 32.2. The number of nitrogens with zero attached hydrogens (tertiary/aromatic N) is 3. The molecule has 0 saturated carbocycles. The zero-order valence-corrected chi connectivity index (χ0v) is 16.6. The monoisotopic (exact) mass is 390 g/mol. The number of hydrogen-bond donors (Lipinski definition) is 1. The molecule has 0 unspecified atom stereocenters. The summed E-state index contributed by atoms with van der Waals surface area (Å²) in [5, 5.41) is 11.2. The van der Waals surface area contributed by atoms with Gasteiger partial charge in [-0.25, -0.2) is 0 Å². The number of nitrogens with one attached hydrogen (secondary N) is 1. The zero-order chi connectivity index (χ0) is 18.9. The fraction of sp³-hybridized carbons (Fsp3) is 0.273. The molecule has 5 nitrogen and oxygen atoms in total. The maximum absolute atomic E-state index is 5.79. The van der Waals surface area contributed by atoms with Gasteiger partial charge in [-0.15, -0.1) is 10.2 Å². The van der Waals surface area contributed by atoms with Gasteiger partial charge in [-0.2, -0.15) is 0 Å². The van der Waals surface area contributed by atoms with Crippen molar-refractivity contribution in [1.82, 2.24) is 19.7 Å². The summed E-state index contributed by atoms with van der Waals surface area (Å²) >= 11 is 1.72. The molecule has 1 saturated heterocycles. The Hall–Kier alpha value is -2.57. The van der Waals surface area contributed by atoms with Crippen LogP contribution in [0.5, 0.6) is 0 Å². The molecule has 4 aromatic rings. The quantitative estimate of drug-likeness (QED) is 0.488. The Morgan fingerprint density at radius 1 is 1.18 bits per heavy atom. The molecule has 5 rings (SSSR count). The number of hydrogen-bond acceptors (Lipinski definition) is 4. The van der Waals surface area contributed by atoms with E-state index in [0.29, 0.717) is 6.10 Å². The van der Waals surface area contributed by atoms with Crippen LogP contribution in [0.25, 0.3) is 28.0 Å². The standard InChI is InChI=1S/C22H22N4OS/c1-15-6-4-7-16(12-15)26-21(19-13-23-20-10-3-2-9-18(19)20)24-25-22(26)28-14-17-8-5-11-27-17/h2-4,6-7,9-10,12-13,17,23H,5,8,11,14H2,1H3/t17-/m1/s1. The molecular formula is C22H22N4OS. The smallest absolute Gasteiger partial charge is 0.196 e. The first-order chi connectivity index (χ1) is 13.8. The molecule has 0 aliphatic carbocycles. The minimum Gasteiger partial charge on any atom is -0.377 e. The number of ether oxygens (including phenoxy) is 1. The van der Waals surface area contributed by atoms with E-state index in [0.717, 1.165) is 58.3 Å². The van der Waals surface area contributed by atoms with Crippen LogP contribution in [0.4, 0.5) is 0 Å². The van der Waals surface area contributed by atoms with Crippen LogP contribution in [0.3, 0.4) is 0 Å². The van der Waals surface area contributed by atoms with Crippen molar-refractivity contribution in [1.29, 1.82) is 0 Å². The van der Waals surface area contributed by atoms with E-state index < -0.39 is 0 Å².